The lowest BCUT2D eigenvalue weighted by molar-refractivity contribution is -0.206. The molecule has 4 rings (SSSR count). The van der Waals surface area contributed by atoms with E-state index in [9.17, 15) is 0 Å². The summed E-state index contributed by atoms with van der Waals surface area (Å²) in [6.45, 7) is 2.58. The van der Waals surface area contributed by atoms with Crippen molar-refractivity contribution in [2.75, 3.05) is 6.61 Å². The Labute approximate surface area is 149 Å². The third kappa shape index (κ3) is 2.82. The predicted molar refractivity (Wildman–Crippen MR) is 89.2 cm³/mol. The molecule has 8 nitrogen and oxygen atoms in total. The first-order chi connectivity index (χ1) is 12.2. The van der Waals surface area contributed by atoms with Gasteiger partial charge in [0.05, 0.1) is 29.0 Å². The Morgan fingerprint density at radius 3 is 2.76 bits per heavy atom. The molecule has 25 heavy (non-hydrogen) atoms. The first-order valence-corrected chi connectivity index (χ1v) is 8.42. The molecule has 1 fully saturated rings. The largest absolute Gasteiger partial charge is 0.325 e. The summed E-state index contributed by atoms with van der Waals surface area (Å²) < 4.78 is 15.5. The normalized spacial score (nSPS) is 23.2. The third-order valence-corrected chi connectivity index (χ3v) is 4.41. The number of benzene rings is 1. The summed E-state index contributed by atoms with van der Waals surface area (Å²) in [6, 6.07) is 5.54. The van der Waals surface area contributed by atoms with Crippen molar-refractivity contribution in [2.24, 2.45) is 0 Å². The van der Waals surface area contributed by atoms with Crippen LogP contribution in [0.3, 0.4) is 0 Å². The van der Waals surface area contributed by atoms with Crippen LogP contribution in [-0.2, 0) is 15.4 Å². The van der Waals surface area contributed by atoms with Gasteiger partial charge in [-0.1, -0.05) is 24.9 Å². The van der Waals surface area contributed by atoms with Crippen molar-refractivity contribution in [3.63, 3.8) is 0 Å². The number of nitrogens with zero attached hydrogens (tertiary/aromatic N) is 6. The van der Waals surface area contributed by atoms with E-state index >= 15 is 0 Å². The van der Waals surface area contributed by atoms with Gasteiger partial charge in [-0.15, -0.1) is 0 Å². The molecule has 9 heteroatoms. The molecule has 0 aliphatic carbocycles. The van der Waals surface area contributed by atoms with Crippen molar-refractivity contribution in [3.8, 4) is 5.69 Å². The molecule has 1 saturated heterocycles. The van der Waals surface area contributed by atoms with Crippen molar-refractivity contribution in [1.82, 2.24) is 29.5 Å². The van der Waals surface area contributed by atoms with Crippen LogP contribution < -0.4 is 0 Å². The summed E-state index contributed by atoms with van der Waals surface area (Å²) in [5, 5.41) is 8.83. The number of hydrogen-bond acceptors (Lipinski definition) is 6. The molecule has 1 aliphatic heterocycles. The first kappa shape index (κ1) is 16.2. The van der Waals surface area contributed by atoms with Crippen molar-refractivity contribution in [1.29, 1.82) is 0 Å². The minimum Gasteiger partial charge on any atom is -0.325 e. The van der Waals surface area contributed by atoms with Crippen LogP contribution in [0.15, 0.2) is 43.5 Å². The fourth-order valence-corrected chi connectivity index (χ4v) is 3.25. The van der Waals surface area contributed by atoms with E-state index in [1.54, 1.807) is 28.1 Å². The van der Waals surface area contributed by atoms with E-state index in [1.165, 1.54) is 12.7 Å². The smallest absolute Gasteiger partial charge is 0.302 e. The molecule has 0 radical (unpaired) electrons. The van der Waals surface area contributed by atoms with Crippen LogP contribution in [0, 0.1) is 0 Å². The summed E-state index contributed by atoms with van der Waals surface area (Å²) in [7, 11) is 0. The van der Waals surface area contributed by atoms with Crippen molar-refractivity contribution < 1.29 is 9.47 Å². The van der Waals surface area contributed by atoms with Gasteiger partial charge in [0.25, 0.3) is 0 Å². The number of rotatable bonds is 5. The quantitative estimate of drug-likeness (QED) is 0.695. The number of ether oxygens (including phenoxy) is 2. The second-order valence-corrected chi connectivity index (χ2v) is 6.17. The van der Waals surface area contributed by atoms with Crippen LogP contribution in [0.25, 0.3) is 5.69 Å². The van der Waals surface area contributed by atoms with Gasteiger partial charge >= 0.3 is 5.91 Å². The van der Waals surface area contributed by atoms with Gasteiger partial charge in [0.1, 0.15) is 25.3 Å². The highest BCUT2D eigenvalue weighted by Crippen LogP contribution is 2.40. The lowest BCUT2D eigenvalue weighted by Gasteiger charge is -2.29. The van der Waals surface area contributed by atoms with E-state index in [0.717, 1.165) is 18.5 Å². The Morgan fingerprint density at radius 2 is 2.08 bits per heavy atom. The molecule has 2 aromatic heterocycles. The number of hydrogen-bond donors (Lipinski definition) is 0. The standard InChI is InChI=1S/C16H17ClN6O2/c1-2-3-13-7-24-16(25-13,23-11-19-9-21-23)14-5-4-12(6-15(14)17)22-10-18-8-20-22/h4-6,8-11,13H,2-3,7H2,1H3/t13-,16+/m0/s1. The molecule has 0 unspecified atom stereocenters. The summed E-state index contributed by atoms with van der Waals surface area (Å²) in [5.41, 5.74) is 1.46. The van der Waals surface area contributed by atoms with Gasteiger partial charge in [-0.3, -0.25) is 0 Å². The zero-order chi connectivity index (χ0) is 17.3. The fourth-order valence-electron chi connectivity index (χ4n) is 2.95. The highest BCUT2D eigenvalue weighted by molar-refractivity contribution is 6.31. The van der Waals surface area contributed by atoms with Crippen LogP contribution in [0.1, 0.15) is 25.3 Å². The maximum atomic E-state index is 6.57. The molecule has 3 aromatic rings. The highest BCUT2D eigenvalue weighted by Gasteiger charge is 2.47. The second-order valence-electron chi connectivity index (χ2n) is 5.77. The van der Waals surface area contributed by atoms with Gasteiger partial charge in [0, 0.05) is 0 Å². The zero-order valence-electron chi connectivity index (χ0n) is 13.6. The Morgan fingerprint density at radius 1 is 1.24 bits per heavy atom. The van der Waals surface area contributed by atoms with Gasteiger partial charge in [0.15, 0.2) is 0 Å². The van der Waals surface area contributed by atoms with Crippen LogP contribution in [-0.4, -0.2) is 42.2 Å². The minimum atomic E-state index is -1.21. The summed E-state index contributed by atoms with van der Waals surface area (Å²) in [5.74, 6) is -1.21. The molecule has 1 aromatic carbocycles. The first-order valence-electron chi connectivity index (χ1n) is 8.05. The van der Waals surface area contributed by atoms with E-state index < -0.39 is 5.91 Å². The van der Waals surface area contributed by atoms with Gasteiger partial charge in [0.2, 0.25) is 0 Å². The van der Waals surface area contributed by atoms with E-state index in [4.69, 9.17) is 21.1 Å². The van der Waals surface area contributed by atoms with Gasteiger partial charge in [-0.25, -0.2) is 14.6 Å². The Bertz CT molecular complexity index is 838. The Balaban J connectivity index is 1.76. The SMILES string of the molecule is CCC[C@H]1CO[C@@](c2ccc(-n3cncn3)cc2Cl)(n2cncn2)O1. The van der Waals surface area contributed by atoms with Gasteiger partial charge in [-0.05, 0) is 24.6 Å². The van der Waals surface area contributed by atoms with Crippen LogP contribution in [0.2, 0.25) is 5.02 Å². The Kier molecular flexibility index (Phi) is 4.24. The molecule has 130 valence electrons. The molecule has 0 spiro atoms. The lowest BCUT2D eigenvalue weighted by Crippen LogP contribution is -2.37. The van der Waals surface area contributed by atoms with Gasteiger partial charge in [-0.2, -0.15) is 14.9 Å². The molecule has 0 bridgehead atoms. The molecule has 3 heterocycles. The minimum absolute atomic E-state index is 0.0275. The number of aromatic nitrogens is 6. The lowest BCUT2D eigenvalue weighted by atomic mass is 10.1. The molecule has 0 saturated carbocycles. The van der Waals surface area contributed by atoms with E-state index in [1.807, 2.05) is 12.1 Å². The van der Waals surface area contributed by atoms with Crippen LogP contribution in [0.4, 0.5) is 0 Å². The fraction of sp³-hybridized carbons (Fsp3) is 0.375. The predicted octanol–water partition coefficient (Wildman–Crippen LogP) is 2.39. The highest BCUT2D eigenvalue weighted by atomic mass is 35.5. The maximum absolute atomic E-state index is 6.57. The van der Waals surface area contributed by atoms with Crippen molar-refractivity contribution in [2.45, 2.75) is 31.8 Å². The average Bonchev–Trinajstić information content (AvgIpc) is 3.37. The van der Waals surface area contributed by atoms with E-state index in [0.29, 0.717) is 17.2 Å². The molecular formula is C16H17ClN6O2. The molecular weight excluding hydrogens is 344 g/mol. The van der Waals surface area contributed by atoms with E-state index in [2.05, 4.69) is 27.1 Å². The monoisotopic (exact) mass is 360 g/mol. The molecule has 0 N–H and O–H groups in total. The van der Waals surface area contributed by atoms with Crippen LogP contribution in [0.5, 0.6) is 0 Å². The van der Waals surface area contributed by atoms with Crippen LogP contribution >= 0.6 is 11.6 Å². The van der Waals surface area contributed by atoms with E-state index in [-0.39, 0.29) is 6.10 Å². The molecule has 0 amide bonds. The zero-order valence-corrected chi connectivity index (χ0v) is 14.4. The third-order valence-electron chi connectivity index (χ3n) is 4.10. The van der Waals surface area contributed by atoms with Gasteiger partial charge < -0.3 is 9.47 Å². The average molecular weight is 361 g/mol. The topological polar surface area (TPSA) is 79.9 Å². The van der Waals surface area contributed by atoms with Crippen molar-refractivity contribution in [3.05, 3.63) is 54.1 Å². The van der Waals surface area contributed by atoms with Crippen molar-refractivity contribution >= 4 is 11.6 Å². The number of halogens is 1. The maximum Gasteiger partial charge on any atom is 0.302 e. The Hall–Kier alpha value is -2.29. The summed E-state index contributed by atoms with van der Waals surface area (Å²) in [4.78, 5) is 7.97. The molecule has 1 aliphatic rings. The summed E-state index contributed by atoms with van der Waals surface area (Å²) in [6.07, 6.45) is 7.96. The second kappa shape index (κ2) is 6.55. The molecule has 2 atom stereocenters. The summed E-state index contributed by atoms with van der Waals surface area (Å²) >= 11 is 6.57.